The van der Waals surface area contributed by atoms with Crippen molar-refractivity contribution in [2.24, 2.45) is 5.41 Å². The third kappa shape index (κ3) is 1.93. The second-order valence-corrected chi connectivity index (χ2v) is 3.72. The molecule has 0 heterocycles. The van der Waals surface area contributed by atoms with Crippen molar-refractivity contribution in [1.82, 2.24) is 0 Å². The molecule has 64 valence electrons. The molecule has 0 aromatic carbocycles. The SMILES string of the molecule is CC1(CC(O)C(=O)O)CCC1. The molecule has 3 heteroatoms. The van der Waals surface area contributed by atoms with Gasteiger partial charge in [0.1, 0.15) is 0 Å². The molecule has 1 rings (SSSR count). The highest BCUT2D eigenvalue weighted by molar-refractivity contribution is 5.71. The van der Waals surface area contributed by atoms with E-state index in [1.54, 1.807) is 0 Å². The Morgan fingerprint density at radius 2 is 2.18 bits per heavy atom. The summed E-state index contributed by atoms with van der Waals surface area (Å²) in [5.41, 5.74) is 0.0950. The number of carboxylic acid groups (broad SMARTS) is 1. The second-order valence-electron chi connectivity index (χ2n) is 3.72. The molecule has 0 spiro atoms. The van der Waals surface area contributed by atoms with E-state index in [9.17, 15) is 4.79 Å². The van der Waals surface area contributed by atoms with Crippen molar-refractivity contribution in [1.29, 1.82) is 0 Å². The summed E-state index contributed by atoms with van der Waals surface area (Å²) in [6.45, 7) is 2.03. The van der Waals surface area contributed by atoms with E-state index < -0.39 is 12.1 Å². The lowest BCUT2D eigenvalue weighted by molar-refractivity contribution is -0.149. The molecule has 0 saturated heterocycles. The molecule has 0 aliphatic heterocycles. The lowest BCUT2D eigenvalue weighted by Crippen LogP contribution is -2.33. The fourth-order valence-electron chi connectivity index (χ4n) is 1.54. The van der Waals surface area contributed by atoms with Crippen LogP contribution in [0.2, 0.25) is 0 Å². The van der Waals surface area contributed by atoms with E-state index in [1.807, 2.05) is 6.92 Å². The van der Waals surface area contributed by atoms with Crippen LogP contribution in [0.4, 0.5) is 0 Å². The van der Waals surface area contributed by atoms with E-state index in [2.05, 4.69) is 0 Å². The van der Waals surface area contributed by atoms with Crippen molar-refractivity contribution < 1.29 is 15.0 Å². The Labute approximate surface area is 66.0 Å². The highest BCUT2D eigenvalue weighted by atomic mass is 16.4. The van der Waals surface area contributed by atoms with E-state index in [-0.39, 0.29) is 5.41 Å². The van der Waals surface area contributed by atoms with Crippen LogP contribution in [0.5, 0.6) is 0 Å². The van der Waals surface area contributed by atoms with Crippen molar-refractivity contribution in [3.63, 3.8) is 0 Å². The lowest BCUT2D eigenvalue weighted by Gasteiger charge is -2.39. The third-order valence-corrected chi connectivity index (χ3v) is 2.53. The van der Waals surface area contributed by atoms with Gasteiger partial charge in [0.2, 0.25) is 0 Å². The predicted molar refractivity (Wildman–Crippen MR) is 40.2 cm³/mol. The average molecular weight is 158 g/mol. The van der Waals surface area contributed by atoms with E-state index in [0.717, 1.165) is 12.8 Å². The minimum atomic E-state index is -1.17. The van der Waals surface area contributed by atoms with Gasteiger partial charge < -0.3 is 10.2 Å². The monoisotopic (exact) mass is 158 g/mol. The van der Waals surface area contributed by atoms with Gasteiger partial charge in [0.25, 0.3) is 0 Å². The molecule has 1 fully saturated rings. The Balaban J connectivity index is 2.35. The Kier molecular flexibility index (Phi) is 2.18. The van der Waals surface area contributed by atoms with Crippen LogP contribution in [-0.4, -0.2) is 22.3 Å². The molecule has 2 N–H and O–H groups in total. The highest BCUT2D eigenvalue weighted by Crippen LogP contribution is 2.43. The number of hydrogen-bond donors (Lipinski definition) is 2. The zero-order valence-corrected chi connectivity index (χ0v) is 6.71. The lowest BCUT2D eigenvalue weighted by atomic mass is 9.67. The number of aliphatic hydroxyl groups is 1. The first-order valence-corrected chi connectivity index (χ1v) is 3.94. The van der Waals surface area contributed by atoms with E-state index in [0.29, 0.717) is 6.42 Å². The maximum Gasteiger partial charge on any atom is 0.332 e. The molecule has 0 radical (unpaired) electrons. The molecule has 0 amide bonds. The zero-order chi connectivity index (χ0) is 8.48. The van der Waals surface area contributed by atoms with Gasteiger partial charge in [0, 0.05) is 0 Å². The Morgan fingerprint density at radius 3 is 2.45 bits per heavy atom. The van der Waals surface area contributed by atoms with Gasteiger partial charge in [-0.15, -0.1) is 0 Å². The molecule has 0 bridgehead atoms. The first-order valence-electron chi connectivity index (χ1n) is 3.94. The van der Waals surface area contributed by atoms with Crippen LogP contribution in [0.1, 0.15) is 32.6 Å². The van der Waals surface area contributed by atoms with Gasteiger partial charge in [-0.3, -0.25) is 0 Å². The number of aliphatic carboxylic acids is 1. The highest BCUT2D eigenvalue weighted by Gasteiger charge is 2.35. The van der Waals surface area contributed by atoms with Gasteiger partial charge in [0.05, 0.1) is 0 Å². The van der Waals surface area contributed by atoms with Crippen LogP contribution < -0.4 is 0 Å². The van der Waals surface area contributed by atoms with E-state index in [4.69, 9.17) is 10.2 Å². The van der Waals surface area contributed by atoms with Crippen LogP contribution in [0.25, 0.3) is 0 Å². The fraction of sp³-hybridized carbons (Fsp3) is 0.875. The maximum atomic E-state index is 10.3. The second kappa shape index (κ2) is 2.81. The standard InChI is InChI=1S/C8H14O3/c1-8(3-2-4-8)5-6(9)7(10)11/h6,9H,2-5H2,1H3,(H,10,11). The quantitative estimate of drug-likeness (QED) is 0.644. The van der Waals surface area contributed by atoms with Crippen LogP contribution in [0.3, 0.4) is 0 Å². The van der Waals surface area contributed by atoms with Gasteiger partial charge in [0.15, 0.2) is 6.10 Å². The summed E-state index contributed by atoms with van der Waals surface area (Å²) >= 11 is 0. The number of aliphatic hydroxyl groups excluding tert-OH is 1. The molecule has 1 atom stereocenters. The number of hydrogen-bond acceptors (Lipinski definition) is 2. The average Bonchev–Trinajstić information content (AvgIpc) is 1.84. The van der Waals surface area contributed by atoms with Crippen molar-refractivity contribution >= 4 is 5.97 Å². The maximum absolute atomic E-state index is 10.3. The van der Waals surface area contributed by atoms with Crippen LogP contribution in [0.15, 0.2) is 0 Å². The van der Waals surface area contributed by atoms with Gasteiger partial charge in [-0.25, -0.2) is 4.79 Å². The minimum Gasteiger partial charge on any atom is -0.479 e. The molecule has 0 aromatic rings. The Hall–Kier alpha value is -0.570. The third-order valence-electron chi connectivity index (χ3n) is 2.53. The van der Waals surface area contributed by atoms with Gasteiger partial charge in [-0.05, 0) is 24.7 Å². The summed E-state index contributed by atoms with van der Waals surface area (Å²) in [5, 5.41) is 17.4. The smallest absolute Gasteiger partial charge is 0.332 e. The first kappa shape index (κ1) is 8.53. The first-order chi connectivity index (χ1) is 5.03. The van der Waals surface area contributed by atoms with Crippen molar-refractivity contribution in [2.75, 3.05) is 0 Å². The number of rotatable bonds is 3. The van der Waals surface area contributed by atoms with Crippen molar-refractivity contribution in [2.45, 2.75) is 38.7 Å². The molecule has 11 heavy (non-hydrogen) atoms. The van der Waals surface area contributed by atoms with E-state index in [1.165, 1.54) is 6.42 Å². The zero-order valence-electron chi connectivity index (χ0n) is 6.71. The van der Waals surface area contributed by atoms with Crippen LogP contribution in [-0.2, 0) is 4.79 Å². The molecule has 1 unspecified atom stereocenters. The predicted octanol–water partition coefficient (Wildman–Crippen LogP) is 1.01. The minimum absolute atomic E-state index is 0.0950. The summed E-state index contributed by atoms with van der Waals surface area (Å²) in [6, 6.07) is 0. The molecule has 1 aliphatic carbocycles. The van der Waals surface area contributed by atoms with E-state index >= 15 is 0 Å². The summed E-state index contributed by atoms with van der Waals surface area (Å²) in [4.78, 5) is 10.3. The molecular weight excluding hydrogens is 144 g/mol. The normalized spacial score (nSPS) is 23.8. The van der Waals surface area contributed by atoms with Crippen molar-refractivity contribution in [3.05, 3.63) is 0 Å². The van der Waals surface area contributed by atoms with Crippen LogP contribution in [0, 0.1) is 5.41 Å². The summed E-state index contributed by atoms with van der Waals surface area (Å²) in [7, 11) is 0. The van der Waals surface area contributed by atoms with Gasteiger partial charge in [-0.1, -0.05) is 13.3 Å². The summed E-state index contributed by atoms with van der Waals surface area (Å²) in [5.74, 6) is -1.10. The Bertz CT molecular complexity index is 161. The summed E-state index contributed by atoms with van der Waals surface area (Å²) in [6.07, 6.45) is 2.51. The molecule has 1 saturated carbocycles. The number of carbonyl (C=O) groups is 1. The summed E-state index contributed by atoms with van der Waals surface area (Å²) < 4.78 is 0. The molecule has 1 aliphatic rings. The van der Waals surface area contributed by atoms with Crippen molar-refractivity contribution in [3.8, 4) is 0 Å². The largest absolute Gasteiger partial charge is 0.479 e. The number of carboxylic acids is 1. The topological polar surface area (TPSA) is 57.5 Å². The molecule has 0 aromatic heterocycles. The molecular formula is C8H14O3. The fourth-order valence-corrected chi connectivity index (χ4v) is 1.54. The Morgan fingerprint density at radius 1 is 1.64 bits per heavy atom. The van der Waals surface area contributed by atoms with Crippen LogP contribution >= 0.6 is 0 Å². The molecule has 3 nitrogen and oxygen atoms in total. The van der Waals surface area contributed by atoms with Gasteiger partial charge >= 0.3 is 5.97 Å². The van der Waals surface area contributed by atoms with Gasteiger partial charge in [-0.2, -0.15) is 0 Å².